The Morgan fingerprint density at radius 1 is 1.50 bits per heavy atom. The fourth-order valence-corrected chi connectivity index (χ4v) is 1.87. The van der Waals surface area contributed by atoms with E-state index in [4.69, 9.17) is 19.5 Å². The highest BCUT2D eigenvalue weighted by atomic mass is 79.9. The SMILES string of the molecule is CC(=O)OC[C@H]1O[C@@H](C#N)C(Br)=C[C@@H]1OC(C)=O. The van der Waals surface area contributed by atoms with Crippen molar-refractivity contribution in [1.82, 2.24) is 0 Å². The molecule has 0 amide bonds. The van der Waals surface area contributed by atoms with Gasteiger partial charge in [0.1, 0.15) is 12.7 Å². The van der Waals surface area contributed by atoms with E-state index in [1.807, 2.05) is 6.07 Å². The second kappa shape index (κ2) is 6.52. The van der Waals surface area contributed by atoms with Crippen molar-refractivity contribution < 1.29 is 23.8 Å². The molecule has 1 aliphatic rings. The van der Waals surface area contributed by atoms with Crippen molar-refractivity contribution in [3.05, 3.63) is 10.6 Å². The average molecular weight is 318 g/mol. The van der Waals surface area contributed by atoms with Gasteiger partial charge in [-0.05, 0) is 6.08 Å². The van der Waals surface area contributed by atoms with Gasteiger partial charge in [0.25, 0.3) is 0 Å². The third-order valence-corrected chi connectivity index (χ3v) is 2.80. The van der Waals surface area contributed by atoms with Gasteiger partial charge in [-0.3, -0.25) is 9.59 Å². The standard InChI is InChI=1S/C11H12BrNO5/c1-6(14)16-5-11-9(17-7(2)15)3-8(12)10(4-13)18-11/h3,9-11H,5H2,1-2H3/t9-,10-,11+/m0/s1. The second-order valence-corrected chi connectivity index (χ2v) is 4.53. The molecule has 0 bridgehead atoms. The fraction of sp³-hybridized carbons (Fsp3) is 0.545. The Labute approximate surface area is 113 Å². The molecule has 0 aromatic carbocycles. The van der Waals surface area contributed by atoms with Crippen LogP contribution in [0.15, 0.2) is 10.6 Å². The normalized spacial score (nSPS) is 26.8. The van der Waals surface area contributed by atoms with E-state index in [-0.39, 0.29) is 6.61 Å². The van der Waals surface area contributed by atoms with Crippen LogP contribution in [0.1, 0.15) is 13.8 Å². The lowest BCUT2D eigenvalue weighted by atomic mass is 10.1. The first-order valence-electron chi connectivity index (χ1n) is 5.17. The molecule has 6 nitrogen and oxygen atoms in total. The Kier molecular flexibility index (Phi) is 5.31. The van der Waals surface area contributed by atoms with Crippen molar-refractivity contribution in [3.8, 4) is 6.07 Å². The zero-order valence-electron chi connectivity index (χ0n) is 9.88. The maximum Gasteiger partial charge on any atom is 0.303 e. The molecule has 0 aromatic heterocycles. The lowest BCUT2D eigenvalue weighted by Gasteiger charge is -2.30. The Morgan fingerprint density at radius 2 is 2.17 bits per heavy atom. The summed E-state index contributed by atoms with van der Waals surface area (Å²) in [4.78, 5) is 21.7. The van der Waals surface area contributed by atoms with Crippen LogP contribution >= 0.6 is 15.9 Å². The minimum Gasteiger partial charge on any atom is -0.463 e. The summed E-state index contributed by atoms with van der Waals surface area (Å²) in [5.41, 5.74) is 0. The van der Waals surface area contributed by atoms with E-state index in [9.17, 15) is 9.59 Å². The van der Waals surface area contributed by atoms with E-state index < -0.39 is 30.3 Å². The van der Waals surface area contributed by atoms with Crippen molar-refractivity contribution in [2.45, 2.75) is 32.2 Å². The number of ether oxygens (including phenoxy) is 3. The number of rotatable bonds is 3. The predicted molar refractivity (Wildman–Crippen MR) is 63.5 cm³/mol. The molecule has 1 rings (SSSR count). The number of carbonyl (C=O) groups is 2. The topological polar surface area (TPSA) is 85.6 Å². The highest BCUT2D eigenvalue weighted by molar-refractivity contribution is 9.11. The van der Waals surface area contributed by atoms with E-state index in [1.54, 1.807) is 6.08 Å². The van der Waals surface area contributed by atoms with Crippen molar-refractivity contribution in [3.63, 3.8) is 0 Å². The fourth-order valence-electron chi connectivity index (χ4n) is 1.40. The van der Waals surface area contributed by atoms with Gasteiger partial charge in [0, 0.05) is 18.3 Å². The lowest BCUT2D eigenvalue weighted by Crippen LogP contribution is -2.42. The molecule has 0 saturated heterocycles. The summed E-state index contributed by atoms with van der Waals surface area (Å²) >= 11 is 3.17. The highest BCUT2D eigenvalue weighted by Gasteiger charge is 2.33. The van der Waals surface area contributed by atoms with Gasteiger partial charge in [0.05, 0.1) is 6.07 Å². The number of nitrogens with zero attached hydrogens (tertiary/aromatic N) is 1. The van der Waals surface area contributed by atoms with Crippen molar-refractivity contribution in [2.24, 2.45) is 0 Å². The molecular formula is C11H12BrNO5. The summed E-state index contributed by atoms with van der Waals surface area (Å²) in [6.07, 6.45) is -0.616. The van der Waals surface area contributed by atoms with Crippen molar-refractivity contribution in [2.75, 3.05) is 6.61 Å². The first-order chi connectivity index (χ1) is 8.43. The number of carbonyl (C=O) groups excluding carboxylic acids is 2. The van der Waals surface area contributed by atoms with Crippen LogP contribution in [-0.2, 0) is 23.8 Å². The molecule has 0 N–H and O–H groups in total. The zero-order chi connectivity index (χ0) is 13.7. The molecule has 98 valence electrons. The maximum atomic E-state index is 11.0. The predicted octanol–water partition coefficient (Wildman–Crippen LogP) is 1.05. The summed E-state index contributed by atoms with van der Waals surface area (Å²) in [6.45, 7) is 2.44. The smallest absolute Gasteiger partial charge is 0.303 e. The Hall–Kier alpha value is -1.39. The van der Waals surface area contributed by atoms with E-state index in [0.29, 0.717) is 4.48 Å². The minimum atomic E-state index is -0.794. The Bertz CT molecular complexity index is 414. The summed E-state index contributed by atoms with van der Waals surface area (Å²) in [5, 5.41) is 8.86. The first-order valence-corrected chi connectivity index (χ1v) is 5.96. The van der Waals surface area contributed by atoms with Gasteiger partial charge in [-0.15, -0.1) is 0 Å². The molecule has 18 heavy (non-hydrogen) atoms. The quantitative estimate of drug-likeness (QED) is 0.723. The van der Waals surface area contributed by atoms with Gasteiger partial charge in [0.15, 0.2) is 12.2 Å². The lowest BCUT2D eigenvalue weighted by molar-refractivity contribution is -0.161. The number of hydrogen-bond donors (Lipinski definition) is 0. The zero-order valence-corrected chi connectivity index (χ0v) is 11.5. The maximum absolute atomic E-state index is 11.0. The van der Waals surface area contributed by atoms with Crippen LogP contribution in [0.2, 0.25) is 0 Å². The number of hydrogen-bond acceptors (Lipinski definition) is 6. The minimum absolute atomic E-state index is 0.0811. The highest BCUT2D eigenvalue weighted by Crippen LogP contribution is 2.26. The van der Waals surface area contributed by atoms with Crippen LogP contribution in [0.25, 0.3) is 0 Å². The Balaban J connectivity index is 2.80. The molecule has 0 saturated carbocycles. The van der Waals surface area contributed by atoms with Crippen LogP contribution in [0, 0.1) is 11.3 Å². The number of halogens is 1. The van der Waals surface area contributed by atoms with Crippen LogP contribution in [-0.4, -0.2) is 36.9 Å². The molecule has 0 unspecified atom stereocenters. The van der Waals surface area contributed by atoms with Crippen LogP contribution in [0.3, 0.4) is 0 Å². The monoisotopic (exact) mass is 317 g/mol. The average Bonchev–Trinajstić information content (AvgIpc) is 2.27. The third-order valence-electron chi connectivity index (χ3n) is 2.12. The number of nitriles is 1. The van der Waals surface area contributed by atoms with Crippen molar-refractivity contribution >= 4 is 27.9 Å². The molecule has 7 heteroatoms. The molecule has 0 aliphatic carbocycles. The van der Waals surface area contributed by atoms with Crippen LogP contribution in [0.5, 0.6) is 0 Å². The summed E-state index contributed by atoms with van der Waals surface area (Å²) in [7, 11) is 0. The summed E-state index contributed by atoms with van der Waals surface area (Å²) in [5.74, 6) is -0.953. The van der Waals surface area contributed by atoms with E-state index in [0.717, 1.165) is 0 Å². The molecule has 0 fully saturated rings. The van der Waals surface area contributed by atoms with Gasteiger partial charge in [-0.2, -0.15) is 5.26 Å². The third kappa shape index (κ3) is 4.13. The second-order valence-electron chi connectivity index (χ2n) is 3.61. The van der Waals surface area contributed by atoms with Gasteiger partial charge in [-0.1, -0.05) is 15.9 Å². The van der Waals surface area contributed by atoms with E-state index >= 15 is 0 Å². The van der Waals surface area contributed by atoms with Crippen LogP contribution in [0.4, 0.5) is 0 Å². The molecule has 1 heterocycles. The summed E-state index contributed by atoms with van der Waals surface area (Å²) < 4.78 is 15.7. The summed E-state index contributed by atoms with van der Waals surface area (Å²) in [6, 6.07) is 1.93. The number of esters is 2. The molecule has 3 atom stereocenters. The van der Waals surface area contributed by atoms with E-state index in [2.05, 4.69) is 15.9 Å². The van der Waals surface area contributed by atoms with E-state index in [1.165, 1.54) is 13.8 Å². The molecule has 1 aliphatic heterocycles. The van der Waals surface area contributed by atoms with Gasteiger partial charge >= 0.3 is 11.9 Å². The Morgan fingerprint density at radius 3 is 2.67 bits per heavy atom. The van der Waals surface area contributed by atoms with Gasteiger partial charge in [0.2, 0.25) is 0 Å². The molecular weight excluding hydrogens is 306 g/mol. The molecule has 0 radical (unpaired) electrons. The largest absolute Gasteiger partial charge is 0.463 e. The van der Waals surface area contributed by atoms with Gasteiger partial charge in [-0.25, -0.2) is 0 Å². The molecule has 0 aromatic rings. The van der Waals surface area contributed by atoms with Crippen molar-refractivity contribution in [1.29, 1.82) is 5.26 Å². The molecule has 0 spiro atoms. The van der Waals surface area contributed by atoms with Gasteiger partial charge < -0.3 is 14.2 Å². The van der Waals surface area contributed by atoms with Crippen LogP contribution < -0.4 is 0 Å². The first kappa shape index (κ1) is 14.7.